The zero-order chi connectivity index (χ0) is 12.0. The van der Waals surface area contributed by atoms with Crippen molar-refractivity contribution >= 4 is 0 Å². The van der Waals surface area contributed by atoms with Crippen molar-refractivity contribution in [2.75, 3.05) is 40.1 Å². The summed E-state index contributed by atoms with van der Waals surface area (Å²) in [5, 5.41) is 3.64. The van der Waals surface area contributed by atoms with Gasteiger partial charge in [0, 0.05) is 39.4 Å². The average Bonchev–Trinajstić information content (AvgIpc) is 2.77. The summed E-state index contributed by atoms with van der Waals surface area (Å²) in [5.74, 6) is 0. The predicted molar refractivity (Wildman–Crippen MR) is 66.3 cm³/mol. The fourth-order valence-corrected chi connectivity index (χ4v) is 2.74. The molecule has 100 valence electrons. The minimum Gasteiger partial charge on any atom is -0.385 e. The molecular weight excluding hydrogens is 218 g/mol. The smallest absolute Gasteiger partial charge is 0.0951 e. The first-order valence-electron chi connectivity index (χ1n) is 6.79. The molecule has 0 saturated carbocycles. The van der Waals surface area contributed by atoms with Crippen molar-refractivity contribution in [1.82, 2.24) is 5.32 Å². The van der Waals surface area contributed by atoms with Gasteiger partial charge in [-0.3, -0.25) is 0 Å². The minimum atomic E-state index is 0.0302. The average molecular weight is 243 g/mol. The molecule has 0 aromatic heterocycles. The number of methoxy groups -OCH3 is 1. The maximum absolute atomic E-state index is 5.92. The second-order valence-corrected chi connectivity index (χ2v) is 5.18. The van der Waals surface area contributed by atoms with Crippen LogP contribution in [0.15, 0.2) is 0 Å². The van der Waals surface area contributed by atoms with Crippen molar-refractivity contribution in [2.24, 2.45) is 0 Å². The van der Waals surface area contributed by atoms with Gasteiger partial charge in [0.1, 0.15) is 0 Å². The number of hydrogen-bond acceptors (Lipinski definition) is 4. The van der Waals surface area contributed by atoms with Gasteiger partial charge in [-0.25, -0.2) is 0 Å². The Hall–Kier alpha value is -0.160. The first kappa shape index (κ1) is 13.3. The summed E-state index contributed by atoms with van der Waals surface area (Å²) in [6, 6.07) is 0.605. The lowest BCUT2D eigenvalue weighted by atomic mass is 9.89. The van der Waals surface area contributed by atoms with E-state index < -0.39 is 0 Å². The number of unbranched alkanes of at least 4 members (excludes halogenated alkanes) is 1. The number of rotatable bonds is 6. The number of hydrogen-bond donors (Lipinski definition) is 1. The summed E-state index contributed by atoms with van der Waals surface area (Å²) in [4.78, 5) is 0. The van der Waals surface area contributed by atoms with Crippen LogP contribution in [-0.4, -0.2) is 51.7 Å². The molecule has 1 N–H and O–H groups in total. The van der Waals surface area contributed by atoms with E-state index in [-0.39, 0.29) is 5.60 Å². The first-order chi connectivity index (χ1) is 8.35. The molecule has 17 heavy (non-hydrogen) atoms. The van der Waals surface area contributed by atoms with Gasteiger partial charge in [-0.15, -0.1) is 0 Å². The topological polar surface area (TPSA) is 39.7 Å². The Morgan fingerprint density at radius 1 is 1.35 bits per heavy atom. The zero-order valence-electron chi connectivity index (χ0n) is 10.9. The predicted octanol–water partition coefficient (Wildman–Crippen LogP) is 1.34. The summed E-state index contributed by atoms with van der Waals surface area (Å²) >= 11 is 0. The molecule has 2 unspecified atom stereocenters. The van der Waals surface area contributed by atoms with Gasteiger partial charge in [-0.2, -0.15) is 0 Å². The standard InChI is InChI=1S/C13H25NO3/c1-15-7-3-2-6-14-12-4-8-17-13(10-12)5-9-16-11-13/h12,14H,2-11H2,1H3. The van der Waals surface area contributed by atoms with E-state index >= 15 is 0 Å². The van der Waals surface area contributed by atoms with Crippen LogP contribution >= 0.6 is 0 Å². The molecule has 2 fully saturated rings. The van der Waals surface area contributed by atoms with Crippen LogP contribution in [-0.2, 0) is 14.2 Å². The Morgan fingerprint density at radius 2 is 2.29 bits per heavy atom. The van der Waals surface area contributed by atoms with Crippen LogP contribution < -0.4 is 5.32 Å². The minimum absolute atomic E-state index is 0.0302. The van der Waals surface area contributed by atoms with Gasteiger partial charge < -0.3 is 19.5 Å². The summed E-state index contributed by atoms with van der Waals surface area (Å²) < 4.78 is 16.4. The Balaban J connectivity index is 1.63. The Morgan fingerprint density at radius 3 is 3.06 bits per heavy atom. The lowest BCUT2D eigenvalue weighted by Crippen LogP contribution is -2.47. The van der Waals surface area contributed by atoms with Gasteiger partial charge in [0.25, 0.3) is 0 Å². The third kappa shape index (κ3) is 3.91. The lowest BCUT2D eigenvalue weighted by Gasteiger charge is -2.37. The molecule has 2 rings (SSSR count). The van der Waals surface area contributed by atoms with Crippen LogP contribution in [0.1, 0.15) is 32.1 Å². The van der Waals surface area contributed by atoms with E-state index in [9.17, 15) is 0 Å². The maximum atomic E-state index is 5.92. The molecule has 2 atom stereocenters. The van der Waals surface area contributed by atoms with Gasteiger partial charge in [-0.1, -0.05) is 0 Å². The molecule has 0 aliphatic carbocycles. The van der Waals surface area contributed by atoms with Crippen molar-refractivity contribution in [3.8, 4) is 0 Å². The van der Waals surface area contributed by atoms with Crippen molar-refractivity contribution in [3.63, 3.8) is 0 Å². The molecule has 0 amide bonds. The van der Waals surface area contributed by atoms with Gasteiger partial charge in [0.05, 0.1) is 12.2 Å². The second-order valence-electron chi connectivity index (χ2n) is 5.18. The van der Waals surface area contributed by atoms with E-state index in [1.165, 1.54) is 6.42 Å². The van der Waals surface area contributed by atoms with E-state index in [2.05, 4.69) is 5.32 Å². The van der Waals surface area contributed by atoms with Crippen molar-refractivity contribution in [2.45, 2.75) is 43.7 Å². The van der Waals surface area contributed by atoms with Crippen LogP contribution in [0.25, 0.3) is 0 Å². The largest absolute Gasteiger partial charge is 0.385 e. The van der Waals surface area contributed by atoms with Gasteiger partial charge in [-0.05, 0) is 32.2 Å². The van der Waals surface area contributed by atoms with Crippen molar-refractivity contribution in [1.29, 1.82) is 0 Å². The van der Waals surface area contributed by atoms with E-state index in [1.54, 1.807) is 7.11 Å². The van der Waals surface area contributed by atoms with E-state index in [0.717, 1.165) is 58.7 Å². The van der Waals surface area contributed by atoms with Crippen molar-refractivity contribution < 1.29 is 14.2 Å². The van der Waals surface area contributed by atoms with E-state index in [1.807, 2.05) is 0 Å². The molecule has 4 nitrogen and oxygen atoms in total. The molecule has 2 aliphatic rings. The van der Waals surface area contributed by atoms with Crippen LogP contribution in [0.3, 0.4) is 0 Å². The highest BCUT2D eigenvalue weighted by Gasteiger charge is 2.40. The molecule has 0 aromatic rings. The SMILES string of the molecule is COCCCCNC1CCOC2(CCOC2)C1. The maximum Gasteiger partial charge on any atom is 0.0951 e. The molecule has 1 spiro atoms. The Labute approximate surface area is 104 Å². The molecule has 0 aromatic carbocycles. The van der Waals surface area contributed by atoms with Crippen LogP contribution in [0.5, 0.6) is 0 Å². The number of ether oxygens (including phenoxy) is 3. The monoisotopic (exact) mass is 243 g/mol. The molecule has 2 saturated heterocycles. The third-order valence-corrected chi connectivity index (χ3v) is 3.77. The molecule has 0 bridgehead atoms. The first-order valence-corrected chi connectivity index (χ1v) is 6.79. The van der Waals surface area contributed by atoms with Gasteiger partial charge >= 0.3 is 0 Å². The van der Waals surface area contributed by atoms with Gasteiger partial charge in [0.15, 0.2) is 0 Å². The van der Waals surface area contributed by atoms with Crippen molar-refractivity contribution in [3.05, 3.63) is 0 Å². The molecular formula is C13H25NO3. The Bertz CT molecular complexity index is 217. The van der Waals surface area contributed by atoms with E-state index in [4.69, 9.17) is 14.2 Å². The molecule has 4 heteroatoms. The number of nitrogens with one attached hydrogen (secondary N) is 1. The molecule has 0 radical (unpaired) electrons. The molecule has 2 heterocycles. The third-order valence-electron chi connectivity index (χ3n) is 3.77. The quantitative estimate of drug-likeness (QED) is 0.715. The highest BCUT2D eigenvalue weighted by atomic mass is 16.6. The lowest BCUT2D eigenvalue weighted by molar-refractivity contribution is -0.0892. The van der Waals surface area contributed by atoms with E-state index in [0.29, 0.717) is 6.04 Å². The van der Waals surface area contributed by atoms with Crippen LogP contribution in [0.2, 0.25) is 0 Å². The zero-order valence-corrected chi connectivity index (χ0v) is 10.9. The van der Waals surface area contributed by atoms with Gasteiger partial charge in [0.2, 0.25) is 0 Å². The van der Waals surface area contributed by atoms with Crippen LogP contribution in [0.4, 0.5) is 0 Å². The second kappa shape index (κ2) is 6.69. The summed E-state index contributed by atoms with van der Waals surface area (Å²) in [6.07, 6.45) is 5.63. The highest BCUT2D eigenvalue weighted by molar-refractivity contribution is 4.92. The summed E-state index contributed by atoms with van der Waals surface area (Å²) in [5.41, 5.74) is 0.0302. The normalized spacial score (nSPS) is 33.4. The Kier molecular flexibility index (Phi) is 5.22. The fourth-order valence-electron chi connectivity index (χ4n) is 2.74. The summed E-state index contributed by atoms with van der Waals surface area (Å²) in [7, 11) is 1.76. The highest BCUT2D eigenvalue weighted by Crippen LogP contribution is 2.32. The fraction of sp³-hybridized carbons (Fsp3) is 1.00. The van der Waals surface area contributed by atoms with Crippen LogP contribution in [0, 0.1) is 0 Å². The summed E-state index contributed by atoms with van der Waals surface area (Å²) in [6.45, 7) is 4.48. The molecule has 2 aliphatic heterocycles.